The molecule has 0 saturated carbocycles. The number of likely N-dealkylation sites (N-methyl/N-ethyl adjacent to an activating group) is 1. The summed E-state index contributed by atoms with van der Waals surface area (Å²) in [4.78, 5) is 41.0. The molecular formula is C26H33N3O4. The molecule has 1 N–H and O–H groups in total. The van der Waals surface area contributed by atoms with E-state index >= 15 is 0 Å². The summed E-state index contributed by atoms with van der Waals surface area (Å²) in [5.74, 6) is -0.166. The van der Waals surface area contributed by atoms with Crippen LogP contribution in [-0.4, -0.2) is 49.9 Å². The van der Waals surface area contributed by atoms with Gasteiger partial charge in [0.05, 0.1) is 12.0 Å². The Morgan fingerprint density at radius 1 is 1.12 bits per heavy atom. The summed E-state index contributed by atoms with van der Waals surface area (Å²) in [6.07, 6.45) is 1.66. The van der Waals surface area contributed by atoms with Crippen molar-refractivity contribution < 1.29 is 19.1 Å². The van der Waals surface area contributed by atoms with E-state index in [1.54, 1.807) is 25.1 Å². The molecule has 1 fully saturated rings. The molecule has 0 bridgehead atoms. The average Bonchev–Trinajstić information content (AvgIpc) is 3.22. The van der Waals surface area contributed by atoms with Crippen LogP contribution in [0.15, 0.2) is 48.5 Å². The number of nitrogens with one attached hydrogen (secondary N) is 1. The first-order valence-corrected chi connectivity index (χ1v) is 11.5. The van der Waals surface area contributed by atoms with Crippen molar-refractivity contribution in [3.05, 3.63) is 59.7 Å². The predicted octanol–water partition coefficient (Wildman–Crippen LogP) is 3.34. The van der Waals surface area contributed by atoms with E-state index < -0.39 is 5.92 Å². The molecule has 176 valence electrons. The molecule has 0 aromatic heterocycles. The molecule has 1 saturated heterocycles. The molecule has 7 nitrogen and oxygen atoms in total. The summed E-state index contributed by atoms with van der Waals surface area (Å²) >= 11 is 0. The van der Waals surface area contributed by atoms with Crippen molar-refractivity contribution in [2.75, 3.05) is 32.1 Å². The van der Waals surface area contributed by atoms with Gasteiger partial charge < -0.3 is 19.9 Å². The van der Waals surface area contributed by atoms with Crippen LogP contribution in [0.1, 0.15) is 43.9 Å². The third-order valence-electron chi connectivity index (χ3n) is 6.03. The van der Waals surface area contributed by atoms with Crippen LogP contribution in [0.2, 0.25) is 0 Å². The number of hydrogen-bond acceptors (Lipinski definition) is 4. The Balaban J connectivity index is 1.71. The summed E-state index contributed by atoms with van der Waals surface area (Å²) in [6, 6.07) is 15.0. The Labute approximate surface area is 195 Å². The zero-order valence-electron chi connectivity index (χ0n) is 19.8. The number of carbonyl (C=O) groups is 3. The standard InChI is InChI=1S/C26H33N3O4/c1-5-18-11-7-9-13-22(18)29-16-19(15-24(29)30)26(32)27-21(6-2)20-12-8-10-14-23(20)33-17-25(31)28(3)4/h7-14,19,21H,5-6,15-17H2,1-4H3,(H,27,32). The van der Waals surface area contributed by atoms with E-state index in [1.807, 2.05) is 49.4 Å². The van der Waals surface area contributed by atoms with Crippen LogP contribution in [0, 0.1) is 5.92 Å². The van der Waals surface area contributed by atoms with Crippen LogP contribution in [0.5, 0.6) is 5.75 Å². The lowest BCUT2D eigenvalue weighted by Gasteiger charge is -2.23. The number of ether oxygens (including phenoxy) is 1. The molecule has 1 aliphatic heterocycles. The number of rotatable bonds is 9. The van der Waals surface area contributed by atoms with Gasteiger partial charge in [-0.2, -0.15) is 0 Å². The van der Waals surface area contributed by atoms with Crippen LogP contribution >= 0.6 is 0 Å². The number of benzene rings is 2. The maximum absolute atomic E-state index is 13.1. The van der Waals surface area contributed by atoms with Crippen LogP contribution in [-0.2, 0) is 20.8 Å². The van der Waals surface area contributed by atoms with Crippen LogP contribution in [0.3, 0.4) is 0 Å². The molecule has 2 unspecified atom stereocenters. The Morgan fingerprint density at radius 2 is 1.82 bits per heavy atom. The third-order valence-corrected chi connectivity index (χ3v) is 6.03. The SMILES string of the molecule is CCc1ccccc1N1CC(C(=O)NC(CC)c2ccccc2OCC(=O)N(C)C)CC1=O. The predicted molar refractivity (Wildman–Crippen MR) is 128 cm³/mol. The molecule has 0 radical (unpaired) electrons. The van der Waals surface area contributed by atoms with Gasteiger partial charge in [-0.3, -0.25) is 14.4 Å². The first kappa shape index (κ1) is 24.3. The van der Waals surface area contributed by atoms with Crippen molar-refractivity contribution >= 4 is 23.4 Å². The van der Waals surface area contributed by atoms with E-state index in [0.29, 0.717) is 18.7 Å². The molecule has 3 rings (SSSR count). The van der Waals surface area contributed by atoms with Gasteiger partial charge in [-0.05, 0) is 30.5 Å². The van der Waals surface area contributed by atoms with Gasteiger partial charge in [-0.25, -0.2) is 0 Å². The fourth-order valence-electron chi connectivity index (χ4n) is 4.05. The minimum atomic E-state index is -0.417. The van der Waals surface area contributed by atoms with Crippen molar-refractivity contribution in [2.24, 2.45) is 5.92 Å². The maximum atomic E-state index is 13.1. The number of aryl methyl sites for hydroxylation is 1. The number of carbonyl (C=O) groups excluding carboxylic acids is 3. The van der Waals surface area contributed by atoms with Gasteiger partial charge in [-0.1, -0.05) is 50.2 Å². The summed E-state index contributed by atoms with van der Waals surface area (Å²) in [7, 11) is 3.36. The molecule has 3 amide bonds. The Hall–Kier alpha value is -3.35. The highest BCUT2D eigenvalue weighted by molar-refractivity contribution is 6.00. The van der Waals surface area contributed by atoms with Crippen molar-refractivity contribution in [3.63, 3.8) is 0 Å². The number of amides is 3. The van der Waals surface area contributed by atoms with Crippen LogP contribution < -0.4 is 15.0 Å². The zero-order chi connectivity index (χ0) is 24.0. The molecule has 2 aromatic rings. The average molecular weight is 452 g/mol. The molecule has 33 heavy (non-hydrogen) atoms. The number of hydrogen-bond donors (Lipinski definition) is 1. The summed E-state index contributed by atoms with van der Waals surface area (Å²) in [6.45, 7) is 4.34. The fourth-order valence-corrected chi connectivity index (χ4v) is 4.05. The Bertz CT molecular complexity index is 1000. The van der Waals surface area contributed by atoms with Gasteiger partial charge >= 0.3 is 0 Å². The van der Waals surface area contributed by atoms with Gasteiger partial charge in [-0.15, -0.1) is 0 Å². The van der Waals surface area contributed by atoms with Gasteiger partial charge in [0.25, 0.3) is 5.91 Å². The maximum Gasteiger partial charge on any atom is 0.259 e. The second kappa shape index (κ2) is 11.0. The van der Waals surface area contributed by atoms with E-state index in [0.717, 1.165) is 23.2 Å². The largest absolute Gasteiger partial charge is 0.483 e. The number of para-hydroxylation sites is 2. The lowest BCUT2D eigenvalue weighted by Crippen LogP contribution is -2.35. The normalized spacial score (nSPS) is 16.4. The topological polar surface area (TPSA) is 79.0 Å². The van der Waals surface area contributed by atoms with Crippen molar-refractivity contribution in [1.82, 2.24) is 10.2 Å². The minimum absolute atomic E-state index is 0.0324. The molecule has 2 aromatic carbocycles. The first-order valence-electron chi connectivity index (χ1n) is 11.5. The third kappa shape index (κ3) is 5.72. The van der Waals surface area contributed by atoms with Crippen molar-refractivity contribution in [1.29, 1.82) is 0 Å². The molecular weight excluding hydrogens is 418 g/mol. The molecule has 2 atom stereocenters. The molecule has 1 aliphatic rings. The van der Waals surface area contributed by atoms with E-state index in [9.17, 15) is 14.4 Å². The van der Waals surface area contributed by atoms with Crippen LogP contribution in [0.25, 0.3) is 0 Å². The first-order chi connectivity index (χ1) is 15.8. The second-order valence-corrected chi connectivity index (χ2v) is 8.47. The molecule has 1 heterocycles. The molecule has 0 spiro atoms. The quantitative estimate of drug-likeness (QED) is 0.634. The molecule has 0 aliphatic carbocycles. The van der Waals surface area contributed by atoms with E-state index in [2.05, 4.69) is 12.2 Å². The highest BCUT2D eigenvalue weighted by atomic mass is 16.5. The van der Waals surface area contributed by atoms with Gasteiger partial charge in [0.15, 0.2) is 6.61 Å². The van der Waals surface area contributed by atoms with Crippen molar-refractivity contribution in [3.8, 4) is 5.75 Å². The van der Waals surface area contributed by atoms with Crippen LogP contribution in [0.4, 0.5) is 5.69 Å². The van der Waals surface area contributed by atoms with Crippen molar-refractivity contribution in [2.45, 2.75) is 39.2 Å². The number of nitrogens with zero attached hydrogens (tertiary/aromatic N) is 2. The van der Waals surface area contributed by atoms with Gasteiger partial charge in [0.2, 0.25) is 11.8 Å². The highest BCUT2D eigenvalue weighted by Gasteiger charge is 2.36. The van der Waals surface area contributed by atoms with E-state index in [1.165, 1.54) is 4.90 Å². The summed E-state index contributed by atoms with van der Waals surface area (Å²) in [5.41, 5.74) is 2.80. The van der Waals surface area contributed by atoms with E-state index in [-0.39, 0.29) is 36.8 Å². The fraction of sp³-hybridized carbons (Fsp3) is 0.423. The number of anilines is 1. The smallest absolute Gasteiger partial charge is 0.259 e. The zero-order valence-corrected chi connectivity index (χ0v) is 19.8. The second-order valence-electron chi connectivity index (χ2n) is 8.47. The Morgan fingerprint density at radius 3 is 2.52 bits per heavy atom. The van der Waals surface area contributed by atoms with Gasteiger partial charge in [0.1, 0.15) is 5.75 Å². The van der Waals surface area contributed by atoms with E-state index in [4.69, 9.17) is 4.74 Å². The summed E-state index contributed by atoms with van der Waals surface area (Å²) < 4.78 is 5.76. The lowest BCUT2D eigenvalue weighted by molar-refractivity contribution is -0.131. The van der Waals surface area contributed by atoms with Gasteiger partial charge in [0, 0.05) is 38.3 Å². The Kier molecular flexibility index (Phi) is 8.09. The highest BCUT2D eigenvalue weighted by Crippen LogP contribution is 2.31. The molecule has 7 heteroatoms. The monoisotopic (exact) mass is 451 g/mol. The minimum Gasteiger partial charge on any atom is -0.483 e. The lowest BCUT2D eigenvalue weighted by atomic mass is 10.0. The summed E-state index contributed by atoms with van der Waals surface area (Å²) in [5, 5.41) is 3.10.